The first kappa shape index (κ1) is 18.2. The van der Waals surface area contributed by atoms with Crippen molar-refractivity contribution in [1.29, 1.82) is 0 Å². The number of alkyl halides is 3. The van der Waals surface area contributed by atoms with Gasteiger partial charge in [-0.15, -0.1) is 0 Å². The number of amides is 1. The zero-order chi connectivity index (χ0) is 16.8. The van der Waals surface area contributed by atoms with Crippen LogP contribution in [0, 0.1) is 0 Å². The number of hydrogen-bond acceptors (Lipinski definition) is 4. The van der Waals surface area contributed by atoms with Gasteiger partial charge in [-0.2, -0.15) is 13.2 Å². The smallest absolute Gasteiger partial charge is 0.422 e. The van der Waals surface area contributed by atoms with Gasteiger partial charge in [0, 0.05) is 18.3 Å². The molecule has 0 saturated carbocycles. The summed E-state index contributed by atoms with van der Waals surface area (Å²) in [5.41, 5.74) is 5.21. The van der Waals surface area contributed by atoms with Crippen LogP contribution >= 0.6 is 0 Å². The number of nitrogens with two attached hydrogens (primary N) is 1. The Labute approximate surface area is 127 Å². The molecule has 0 aliphatic carbocycles. The zero-order valence-electron chi connectivity index (χ0n) is 12.5. The molecule has 124 valence electrons. The Morgan fingerprint density at radius 3 is 2.73 bits per heavy atom. The minimum Gasteiger partial charge on any atom is -0.468 e. The lowest BCUT2D eigenvalue weighted by atomic mass is 9.96. The van der Waals surface area contributed by atoms with Crippen molar-refractivity contribution in [2.24, 2.45) is 5.73 Å². The first-order valence-corrected chi connectivity index (χ1v) is 6.86. The predicted molar refractivity (Wildman–Crippen MR) is 75.1 cm³/mol. The van der Waals surface area contributed by atoms with Crippen LogP contribution in [-0.4, -0.2) is 29.2 Å². The van der Waals surface area contributed by atoms with E-state index in [0.717, 1.165) is 6.42 Å². The fourth-order valence-electron chi connectivity index (χ4n) is 1.85. The number of nitrogens with zero attached hydrogens (tertiary/aromatic N) is 1. The van der Waals surface area contributed by atoms with E-state index in [0.29, 0.717) is 12.0 Å². The van der Waals surface area contributed by atoms with E-state index in [2.05, 4.69) is 15.0 Å². The van der Waals surface area contributed by atoms with Crippen molar-refractivity contribution in [2.45, 2.75) is 44.9 Å². The van der Waals surface area contributed by atoms with Crippen LogP contribution in [0.2, 0.25) is 0 Å². The number of rotatable bonds is 7. The molecule has 1 unspecified atom stereocenters. The van der Waals surface area contributed by atoms with Crippen molar-refractivity contribution in [3.8, 4) is 5.88 Å². The molecule has 22 heavy (non-hydrogen) atoms. The quantitative estimate of drug-likeness (QED) is 0.807. The second-order valence-corrected chi connectivity index (χ2v) is 5.22. The lowest BCUT2D eigenvalue weighted by Gasteiger charge is -2.23. The molecule has 1 heterocycles. The summed E-state index contributed by atoms with van der Waals surface area (Å²) >= 11 is 0. The molecule has 0 fully saturated rings. The van der Waals surface area contributed by atoms with Crippen molar-refractivity contribution in [2.75, 3.05) is 6.61 Å². The van der Waals surface area contributed by atoms with Crippen LogP contribution in [-0.2, 0) is 11.3 Å². The van der Waals surface area contributed by atoms with E-state index in [4.69, 9.17) is 5.73 Å². The maximum atomic E-state index is 12.2. The van der Waals surface area contributed by atoms with E-state index in [1.54, 1.807) is 13.0 Å². The Bertz CT molecular complexity index is 504. The number of aromatic nitrogens is 1. The minimum absolute atomic E-state index is 0.00360. The minimum atomic E-state index is -4.45. The molecule has 1 amide bonds. The van der Waals surface area contributed by atoms with Crippen LogP contribution in [0.4, 0.5) is 13.2 Å². The summed E-state index contributed by atoms with van der Waals surface area (Å²) in [6.07, 6.45) is -1.88. The molecule has 0 aliphatic heterocycles. The topological polar surface area (TPSA) is 77.2 Å². The molecule has 0 spiro atoms. The maximum Gasteiger partial charge on any atom is 0.422 e. The summed E-state index contributed by atoms with van der Waals surface area (Å²) < 4.78 is 41.2. The summed E-state index contributed by atoms with van der Waals surface area (Å²) in [5.74, 6) is -0.533. The van der Waals surface area contributed by atoms with Gasteiger partial charge in [0.25, 0.3) is 0 Å². The van der Waals surface area contributed by atoms with Crippen molar-refractivity contribution >= 4 is 5.91 Å². The van der Waals surface area contributed by atoms with E-state index in [1.807, 2.05) is 6.92 Å². The molecular weight excluding hydrogens is 299 g/mol. The van der Waals surface area contributed by atoms with Crippen LogP contribution in [0.1, 0.15) is 32.3 Å². The highest BCUT2D eigenvalue weighted by atomic mass is 19.4. The van der Waals surface area contributed by atoms with Crippen molar-refractivity contribution in [3.05, 3.63) is 23.9 Å². The number of carbonyl (C=O) groups is 1. The molecule has 1 atom stereocenters. The fourth-order valence-corrected chi connectivity index (χ4v) is 1.85. The van der Waals surface area contributed by atoms with Crippen molar-refractivity contribution in [3.63, 3.8) is 0 Å². The van der Waals surface area contributed by atoms with E-state index in [9.17, 15) is 18.0 Å². The largest absolute Gasteiger partial charge is 0.468 e. The standard InChI is InChI=1S/C14H20F3N3O2/c1-3-6-13(2,18)12(21)20-8-10-5-4-7-19-11(10)22-9-14(15,16)17/h4-5,7H,3,6,8-9,18H2,1-2H3,(H,20,21). The number of hydrogen-bond donors (Lipinski definition) is 2. The fraction of sp³-hybridized carbons (Fsp3) is 0.571. The lowest BCUT2D eigenvalue weighted by Crippen LogP contribution is -2.51. The highest BCUT2D eigenvalue weighted by Crippen LogP contribution is 2.20. The Kier molecular flexibility index (Phi) is 6.16. The van der Waals surface area contributed by atoms with Crippen LogP contribution < -0.4 is 15.8 Å². The molecule has 0 aromatic carbocycles. The van der Waals surface area contributed by atoms with Gasteiger partial charge in [0.1, 0.15) is 0 Å². The summed E-state index contributed by atoms with van der Waals surface area (Å²) in [4.78, 5) is 15.7. The van der Waals surface area contributed by atoms with E-state index in [1.165, 1.54) is 12.3 Å². The molecular formula is C14H20F3N3O2. The summed E-state index contributed by atoms with van der Waals surface area (Å²) in [6.45, 7) is 2.07. The molecule has 0 radical (unpaired) electrons. The molecule has 0 aliphatic rings. The van der Waals surface area contributed by atoms with Gasteiger partial charge in [0.05, 0.1) is 5.54 Å². The Morgan fingerprint density at radius 1 is 1.45 bits per heavy atom. The molecule has 8 heteroatoms. The molecule has 5 nitrogen and oxygen atoms in total. The number of ether oxygens (including phenoxy) is 1. The van der Waals surface area contributed by atoms with Gasteiger partial charge < -0.3 is 15.8 Å². The molecule has 0 bridgehead atoms. The molecule has 0 saturated heterocycles. The number of carbonyl (C=O) groups excluding carboxylic acids is 1. The third-order valence-corrected chi connectivity index (χ3v) is 2.95. The Morgan fingerprint density at radius 2 is 2.14 bits per heavy atom. The first-order chi connectivity index (χ1) is 10.2. The van der Waals surface area contributed by atoms with Gasteiger partial charge in [-0.25, -0.2) is 4.98 Å². The third kappa shape index (κ3) is 5.88. The average Bonchev–Trinajstić information content (AvgIpc) is 2.42. The summed E-state index contributed by atoms with van der Waals surface area (Å²) in [6, 6.07) is 3.09. The molecule has 3 N–H and O–H groups in total. The third-order valence-electron chi connectivity index (χ3n) is 2.95. The van der Waals surface area contributed by atoms with Crippen molar-refractivity contribution < 1.29 is 22.7 Å². The molecule has 1 aromatic heterocycles. The Balaban J connectivity index is 2.68. The molecule has 1 rings (SSSR count). The molecule has 1 aromatic rings. The number of nitrogens with one attached hydrogen (secondary N) is 1. The van der Waals surface area contributed by atoms with Gasteiger partial charge in [0.2, 0.25) is 11.8 Å². The van der Waals surface area contributed by atoms with Gasteiger partial charge in [0.15, 0.2) is 6.61 Å². The van der Waals surface area contributed by atoms with Gasteiger partial charge in [-0.05, 0) is 19.4 Å². The zero-order valence-corrected chi connectivity index (χ0v) is 12.5. The van der Waals surface area contributed by atoms with Crippen LogP contribution in [0.15, 0.2) is 18.3 Å². The Hall–Kier alpha value is -1.83. The average molecular weight is 319 g/mol. The summed E-state index contributed by atoms with van der Waals surface area (Å²) in [5, 5.41) is 2.60. The predicted octanol–water partition coefficient (Wildman–Crippen LogP) is 2.16. The normalized spacial score (nSPS) is 14.3. The van der Waals surface area contributed by atoms with Gasteiger partial charge in [-0.3, -0.25) is 4.79 Å². The van der Waals surface area contributed by atoms with Crippen LogP contribution in [0.25, 0.3) is 0 Å². The maximum absolute atomic E-state index is 12.2. The second-order valence-electron chi connectivity index (χ2n) is 5.22. The van der Waals surface area contributed by atoms with Crippen LogP contribution in [0.3, 0.4) is 0 Å². The van der Waals surface area contributed by atoms with Crippen molar-refractivity contribution in [1.82, 2.24) is 10.3 Å². The van der Waals surface area contributed by atoms with Gasteiger partial charge in [-0.1, -0.05) is 19.4 Å². The van der Waals surface area contributed by atoms with Crippen LogP contribution in [0.5, 0.6) is 5.88 Å². The number of halogens is 3. The number of pyridine rings is 1. The van der Waals surface area contributed by atoms with E-state index >= 15 is 0 Å². The monoisotopic (exact) mass is 319 g/mol. The summed E-state index contributed by atoms with van der Waals surface area (Å²) in [7, 11) is 0. The lowest BCUT2D eigenvalue weighted by molar-refractivity contribution is -0.154. The van der Waals surface area contributed by atoms with E-state index in [-0.39, 0.29) is 18.3 Å². The highest BCUT2D eigenvalue weighted by Gasteiger charge is 2.29. The first-order valence-electron chi connectivity index (χ1n) is 6.86. The SMILES string of the molecule is CCCC(C)(N)C(=O)NCc1cccnc1OCC(F)(F)F. The highest BCUT2D eigenvalue weighted by molar-refractivity contribution is 5.85. The second kappa shape index (κ2) is 7.44. The van der Waals surface area contributed by atoms with Gasteiger partial charge >= 0.3 is 6.18 Å². The van der Waals surface area contributed by atoms with E-state index < -0.39 is 18.3 Å².